The van der Waals surface area contributed by atoms with Gasteiger partial charge in [-0.3, -0.25) is 14.5 Å². The highest BCUT2D eigenvalue weighted by atomic mass is 16.2. The lowest BCUT2D eigenvalue weighted by Crippen LogP contribution is -2.31. The zero-order valence-corrected chi connectivity index (χ0v) is 18.1. The molecule has 1 aromatic carbocycles. The van der Waals surface area contributed by atoms with E-state index in [2.05, 4.69) is 56.6 Å². The molecule has 2 unspecified atom stereocenters. The molecule has 2 N–H and O–H groups in total. The summed E-state index contributed by atoms with van der Waals surface area (Å²) in [5, 5.41) is 11.2. The van der Waals surface area contributed by atoms with Gasteiger partial charge in [0, 0.05) is 31.1 Å². The second-order valence-corrected chi connectivity index (χ2v) is 8.57. The lowest BCUT2D eigenvalue weighted by Gasteiger charge is -2.15. The Hall–Kier alpha value is -3.06. The zero-order chi connectivity index (χ0) is 21.8. The molecule has 4 rings (SSSR count). The number of H-pyrrole nitrogens is 1. The fourth-order valence-corrected chi connectivity index (χ4v) is 4.36. The van der Waals surface area contributed by atoms with E-state index in [4.69, 9.17) is 0 Å². The Kier molecular flexibility index (Phi) is 6.42. The van der Waals surface area contributed by atoms with Gasteiger partial charge in [0.25, 0.3) is 11.5 Å². The molecule has 2 atom stereocenters. The molecule has 2 aromatic rings. The van der Waals surface area contributed by atoms with Crippen LogP contribution in [-0.4, -0.2) is 39.1 Å². The van der Waals surface area contributed by atoms with Crippen molar-refractivity contribution in [3.05, 3.63) is 81.1 Å². The van der Waals surface area contributed by atoms with Gasteiger partial charge in [-0.2, -0.15) is 0 Å². The quantitative estimate of drug-likeness (QED) is 0.751. The van der Waals surface area contributed by atoms with Crippen LogP contribution in [0.3, 0.4) is 0 Å². The molecule has 0 bridgehead atoms. The molecule has 1 aliphatic heterocycles. The van der Waals surface area contributed by atoms with Crippen LogP contribution in [0.2, 0.25) is 0 Å². The molecule has 1 fully saturated rings. The maximum atomic E-state index is 12.6. The minimum atomic E-state index is -0.288. The van der Waals surface area contributed by atoms with E-state index in [1.165, 1.54) is 5.56 Å². The van der Waals surface area contributed by atoms with Gasteiger partial charge in [-0.25, -0.2) is 0 Å². The molecule has 1 aliphatic carbocycles. The maximum absolute atomic E-state index is 12.6. The first-order valence-corrected chi connectivity index (χ1v) is 10.9. The van der Waals surface area contributed by atoms with E-state index in [9.17, 15) is 9.59 Å². The molecular formula is C24H29N5O2. The largest absolute Gasteiger partial charge is 0.346 e. The van der Waals surface area contributed by atoms with E-state index < -0.39 is 0 Å². The van der Waals surface area contributed by atoms with Crippen molar-refractivity contribution in [3.8, 4) is 0 Å². The highest BCUT2D eigenvalue weighted by Crippen LogP contribution is 2.30. The number of nitrogens with zero attached hydrogens (tertiary/aromatic N) is 3. The fraction of sp³-hybridized carbons (Fsp3) is 0.417. The smallest absolute Gasteiger partial charge is 0.274 e. The van der Waals surface area contributed by atoms with Crippen molar-refractivity contribution in [2.24, 2.45) is 5.92 Å². The average molecular weight is 420 g/mol. The number of aromatic amines is 1. The van der Waals surface area contributed by atoms with E-state index in [1.54, 1.807) is 0 Å². The summed E-state index contributed by atoms with van der Waals surface area (Å²) >= 11 is 0. The molecule has 2 aliphatic rings. The highest BCUT2D eigenvalue weighted by molar-refractivity contribution is 5.97. The third-order valence-corrected chi connectivity index (χ3v) is 6.16. The summed E-state index contributed by atoms with van der Waals surface area (Å²) in [4.78, 5) is 30.3. The van der Waals surface area contributed by atoms with Gasteiger partial charge in [-0.05, 0) is 31.2 Å². The SMILES string of the molecule is CC1=C(C(=O)NCc2nnc(C3CN(Cc4ccccc4)CC3C)[nH]c2=O)C=CCC1. The number of carbonyl (C=O) groups excluding carboxylic acids is 1. The molecule has 7 nitrogen and oxygen atoms in total. The molecule has 1 amide bonds. The lowest BCUT2D eigenvalue weighted by molar-refractivity contribution is -0.117. The Labute approximate surface area is 182 Å². The number of aromatic nitrogens is 3. The van der Waals surface area contributed by atoms with Crippen LogP contribution in [0.25, 0.3) is 0 Å². The van der Waals surface area contributed by atoms with Crippen LogP contribution in [0.4, 0.5) is 0 Å². The molecule has 0 saturated carbocycles. The standard InChI is InChI=1S/C24H29N5O2/c1-16-8-6-7-11-19(16)23(30)25-12-21-24(31)26-22(28-27-21)20-15-29(13-17(20)2)14-18-9-4-3-5-10-18/h3-5,7,9-11,17,20H,6,8,12-15H2,1-2H3,(H,25,30)(H,26,28,31). The van der Waals surface area contributed by atoms with Gasteiger partial charge in [-0.1, -0.05) is 55.0 Å². The minimum absolute atomic E-state index is 0.0619. The van der Waals surface area contributed by atoms with Gasteiger partial charge in [0.1, 0.15) is 11.5 Å². The number of nitrogens with one attached hydrogen (secondary N) is 2. The van der Waals surface area contributed by atoms with Crippen LogP contribution in [0.15, 0.2) is 58.4 Å². The average Bonchev–Trinajstić information content (AvgIpc) is 3.13. The molecule has 162 valence electrons. The van der Waals surface area contributed by atoms with Crippen LogP contribution < -0.4 is 10.9 Å². The van der Waals surface area contributed by atoms with Gasteiger partial charge in [-0.15, -0.1) is 10.2 Å². The van der Waals surface area contributed by atoms with Gasteiger partial charge in [0.05, 0.1) is 6.54 Å². The van der Waals surface area contributed by atoms with Crippen molar-refractivity contribution in [2.45, 2.75) is 45.7 Å². The van der Waals surface area contributed by atoms with Crippen molar-refractivity contribution in [2.75, 3.05) is 13.1 Å². The van der Waals surface area contributed by atoms with Gasteiger partial charge >= 0.3 is 0 Å². The lowest BCUT2D eigenvalue weighted by atomic mass is 9.97. The molecule has 0 spiro atoms. The Morgan fingerprint density at radius 1 is 1.23 bits per heavy atom. The first-order valence-electron chi connectivity index (χ1n) is 10.9. The number of likely N-dealkylation sites (tertiary alicyclic amines) is 1. The van der Waals surface area contributed by atoms with Crippen molar-refractivity contribution in [1.29, 1.82) is 0 Å². The van der Waals surface area contributed by atoms with Crippen LogP contribution in [0.1, 0.15) is 49.7 Å². The first kappa shape index (κ1) is 21.2. The van der Waals surface area contributed by atoms with E-state index in [-0.39, 0.29) is 29.6 Å². The Morgan fingerprint density at radius 3 is 2.77 bits per heavy atom. The predicted octanol–water partition coefficient (Wildman–Crippen LogP) is 2.68. The molecule has 31 heavy (non-hydrogen) atoms. The summed E-state index contributed by atoms with van der Waals surface area (Å²) in [6, 6.07) is 10.4. The zero-order valence-electron chi connectivity index (χ0n) is 18.1. The van der Waals surface area contributed by atoms with Crippen molar-refractivity contribution >= 4 is 5.91 Å². The van der Waals surface area contributed by atoms with Crippen LogP contribution in [-0.2, 0) is 17.9 Å². The number of amides is 1. The van der Waals surface area contributed by atoms with Crippen molar-refractivity contribution < 1.29 is 4.79 Å². The summed E-state index contributed by atoms with van der Waals surface area (Å²) in [5.74, 6) is 0.941. The van der Waals surface area contributed by atoms with Gasteiger partial charge < -0.3 is 10.3 Å². The Morgan fingerprint density at radius 2 is 2.03 bits per heavy atom. The maximum Gasteiger partial charge on any atom is 0.274 e. The Balaban J connectivity index is 1.39. The van der Waals surface area contributed by atoms with Crippen LogP contribution in [0, 0.1) is 5.92 Å². The highest BCUT2D eigenvalue weighted by Gasteiger charge is 2.32. The molecule has 0 radical (unpaired) electrons. The molecule has 7 heteroatoms. The first-order chi connectivity index (χ1) is 15.0. The molecular weight excluding hydrogens is 390 g/mol. The second kappa shape index (κ2) is 9.39. The number of rotatable bonds is 6. The topological polar surface area (TPSA) is 91.0 Å². The third kappa shape index (κ3) is 4.99. The van der Waals surface area contributed by atoms with E-state index in [0.29, 0.717) is 17.3 Å². The molecule has 1 aromatic heterocycles. The number of benzene rings is 1. The summed E-state index contributed by atoms with van der Waals surface area (Å²) in [6.07, 6.45) is 5.68. The van der Waals surface area contributed by atoms with Crippen LogP contribution in [0.5, 0.6) is 0 Å². The predicted molar refractivity (Wildman–Crippen MR) is 119 cm³/mol. The number of hydrogen-bond acceptors (Lipinski definition) is 5. The number of carbonyl (C=O) groups is 1. The normalized spacial score (nSPS) is 21.5. The van der Waals surface area contributed by atoms with Gasteiger partial charge in [0.15, 0.2) is 0 Å². The second-order valence-electron chi connectivity index (χ2n) is 8.57. The summed E-state index contributed by atoms with van der Waals surface area (Å²) < 4.78 is 0. The molecule has 2 heterocycles. The summed E-state index contributed by atoms with van der Waals surface area (Å²) in [7, 11) is 0. The van der Waals surface area contributed by atoms with E-state index in [1.807, 2.05) is 25.1 Å². The van der Waals surface area contributed by atoms with Crippen molar-refractivity contribution in [1.82, 2.24) is 25.4 Å². The van der Waals surface area contributed by atoms with Crippen LogP contribution >= 0.6 is 0 Å². The number of hydrogen-bond donors (Lipinski definition) is 2. The van der Waals surface area contributed by atoms with Gasteiger partial charge in [0.2, 0.25) is 0 Å². The monoisotopic (exact) mass is 419 g/mol. The fourth-order valence-electron chi connectivity index (χ4n) is 4.36. The molecule has 1 saturated heterocycles. The Bertz CT molecular complexity index is 1060. The van der Waals surface area contributed by atoms with Crippen molar-refractivity contribution in [3.63, 3.8) is 0 Å². The minimum Gasteiger partial charge on any atom is -0.346 e. The summed E-state index contributed by atoms with van der Waals surface area (Å²) in [5.41, 5.74) is 2.95. The third-order valence-electron chi connectivity index (χ3n) is 6.16. The van der Waals surface area contributed by atoms with E-state index >= 15 is 0 Å². The van der Waals surface area contributed by atoms with E-state index in [0.717, 1.165) is 38.0 Å². The number of allylic oxidation sites excluding steroid dienone is 2. The summed E-state index contributed by atoms with van der Waals surface area (Å²) in [6.45, 7) is 6.86.